The predicted molar refractivity (Wildman–Crippen MR) is 61.0 cm³/mol. The summed E-state index contributed by atoms with van der Waals surface area (Å²) < 4.78 is 5.19. The minimum atomic E-state index is 0.0746. The Balaban J connectivity index is 2.44. The van der Waals surface area contributed by atoms with E-state index in [1.807, 2.05) is 0 Å². The van der Waals surface area contributed by atoms with Crippen LogP contribution in [0.25, 0.3) is 0 Å². The van der Waals surface area contributed by atoms with Crippen molar-refractivity contribution >= 4 is 6.02 Å². The normalized spacial score (nSPS) is 19.9. The van der Waals surface area contributed by atoms with Gasteiger partial charge in [0, 0.05) is 0 Å². The molecule has 1 aliphatic rings. The molecule has 0 saturated carbocycles. The van der Waals surface area contributed by atoms with Crippen LogP contribution in [0.2, 0.25) is 0 Å². The van der Waals surface area contributed by atoms with Crippen LogP contribution >= 0.6 is 0 Å². The van der Waals surface area contributed by atoms with Gasteiger partial charge in [0.15, 0.2) is 0 Å². The van der Waals surface area contributed by atoms with Gasteiger partial charge in [-0.25, -0.2) is 4.99 Å². The maximum atomic E-state index is 5.52. The second-order valence-electron chi connectivity index (χ2n) is 4.11. The van der Waals surface area contributed by atoms with Gasteiger partial charge in [-0.3, -0.25) is 0 Å². The molecule has 0 fully saturated rings. The lowest BCUT2D eigenvalue weighted by atomic mass is 9.95. The van der Waals surface area contributed by atoms with Gasteiger partial charge in [-0.15, -0.1) is 0 Å². The second-order valence-corrected chi connectivity index (χ2v) is 4.11. The maximum Gasteiger partial charge on any atom is 0.282 e. The smallest absolute Gasteiger partial charge is 0.282 e. The number of aliphatic imine (C=N–C) groups is 1. The summed E-state index contributed by atoms with van der Waals surface area (Å²) in [6.07, 6.45) is 0. The number of rotatable bonds is 1. The van der Waals surface area contributed by atoms with Crippen molar-refractivity contribution in [3.05, 3.63) is 34.4 Å². The molecule has 0 amide bonds. The highest BCUT2D eigenvalue weighted by atomic mass is 16.5. The Morgan fingerprint density at radius 2 is 1.87 bits per heavy atom. The molecule has 1 atom stereocenters. The summed E-state index contributed by atoms with van der Waals surface area (Å²) in [7, 11) is 0. The van der Waals surface area contributed by atoms with Gasteiger partial charge >= 0.3 is 0 Å². The van der Waals surface area contributed by atoms with Crippen LogP contribution < -0.4 is 5.73 Å². The summed E-state index contributed by atoms with van der Waals surface area (Å²) in [5.74, 6) is 0. The van der Waals surface area contributed by atoms with E-state index in [1.165, 1.54) is 22.3 Å². The molecule has 1 unspecified atom stereocenters. The lowest BCUT2D eigenvalue weighted by molar-refractivity contribution is 0.314. The third-order valence-corrected chi connectivity index (χ3v) is 2.74. The summed E-state index contributed by atoms with van der Waals surface area (Å²) in [4.78, 5) is 4.28. The first-order valence-electron chi connectivity index (χ1n) is 5.11. The zero-order valence-electron chi connectivity index (χ0n) is 9.37. The van der Waals surface area contributed by atoms with E-state index in [4.69, 9.17) is 10.5 Å². The molecular formula is C12H16N2O. The zero-order valence-corrected chi connectivity index (χ0v) is 9.37. The first kappa shape index (κ1) is 10.0. The molecule has 80 valence electrons. The first-order valence-corrected chi connectivity index (χ1v) is 5.11. The van der Waals surface area contributed by atoms with Gasteiger partial charge in [0.1, 0.15) is 12.6 Å². The Morgan fingerprint density at radius 1 is 1.27 bits per heavy atom. The Morgan fingerprint density at radius 3 is 2.33 bits per heavy atom. The van der Waals surface area contributed by atoms with E-state index in [1.54, 1.807) is 0 Å². The van der Waals surface area contributed by atoms with Crippen LogP contribution in [-0.2, 0) is 4.74 Å². The number of benzene rings is 1. The third kappa shape index (κ3) is 1.82. The maximum absolute atomic E-state index is 5.52. The van der Waals surface area contributed by atoms with Crippen LogP contribution in [0.5, 0.6) is 0 Å². The fraction of sp³-hybridized carbons (Fsp3) is 0.417. The first-order chi connectivity index (χ1) is 7.08. The number of nitrogens with two attached hydrogens (primary N) is 1. The molecule has 1 aliphatic heterocycles. The molecule has 3 nitrogen and oxygen atoms in total. The second kappa shape index (κ2) is 3.57. The minimum absolute atomic E-state index is 0.0746. The Labute approximate surface area is 90.0 Å². The molecule has 2 rings (SSSR count). The van der Waals surface area contributed by atoms with E-state index >= 15 is 0 Å². The van der Waals surface area contributed by atoms with Crippen molar-refractivity contribution in [2.45, 2.75) is 26.8 Å². The summed E-state index contributed by atoms with van der Waals surface area (Å²) in [5, 5.41) is 0. The van der Waals surface area contributed by atoms with Gasteiger partial charge in [0.25, 0.3) is 6.02 Å². The van der Waals surface area contributed by atoms with E-state index in [9.17, 15) is 0 Å². The highest BCUT2D eigenvalue weighted by molar-refractivity contribution is 5.73. The molecule has 1 aromatic carbocycles. The van der Waals surface area contributed by atoms with E-state index < -0.39 is 0 Å². The van der Waals surface area contributed by atoms with Crippen LogP contribution in [0.15, 0.2) is 17.1 Å². The third-order valence-electron chi connectivity index (χ3n) is 2.74. The number of ether oxygens (including phenoxy) is 1. The molecule has 0 bridgehead atoms. The predicted octanol–water partition coefficient (Wildman–Crippen LogP) is 2.00. The number of hydrogen-bond donors (Lipinski definition) is 1. The van der Waals surface area contributed by atoms with Crippen LogP contribution in [-0.4, -0.2) is 12.6 Å². The van der Waals surface area contributed by atoms with Crippen molar-refractivity contribution in [2.24, 2.45) is 10.7 Å². The van der Waals surface area contributed by atoms with Crippen molar-refractivity contribution < 1.29 is 4.74 Å². The Hall–Kier alpha value is -1.51. The van der Waals surface area contributed by atoms with Gasteiger partial charge in [-0.2, -0.15) is 0 Å². The summed E-state index contributed by atoms with van der Waals surface area (Å²) in [5.41, 5.74) is 10.6. The molecule has 2 N–H and O–H groups in total. The molecule has 1 aromatic rings. The summed E-state index contributed by atoms with van der Waals surface area (Å²) in [6.45, 7) is 6.89. The average molecular weight is 204 g/mol. The van der Waals surface area contributed by atoms with E-state index in [0.29, 0.717) is 12.6 Å². The summed E-state index contributed by atoms with van der Waals surface area (Å²) >= 11 is 0. The fourth-order valence-electron chi connectivity index (χ4n) is 2.26. The van der Waals surface area contributed by atoms with Crippen LogP contribution in [0.3, 0.4) is 0 Å². The fourth-order valence-corrected chi connectivity index (χ4v) is 2.26. The number of aryl methyl sites for hydroxylation is 3. The van der Waals surface area contributed by atoms with Crippen LogP contribution in [0.1, 0.15) is 28.3 Å². The Kier molecular flexibility index (Phi) is 2.39. The van der Waals surface area contributed by atoms with E-state index in [2.05, 4.69) is 37.9 Å². The van der Waals surface area contributed by atoms with Crippen molar-refractivity contribution in [3.63, 3.8) is 0 Å². The molecule has 1 heterocycles. The molecule has 15 heavy (non-hydrogen) atoms. The molecule has 0 aromatic heterocycles. The monoisotopic (exact) mass is 204 g/mol. The lowest BCUT2D eigenvalue weighted by Crippen LogP contribution is -2.10. The molecule has 0 radical (unpaired) electrons. The molecule has 0 spiro atoms. The molecule has 0 aliphatic carbocycles. The van der Waals surface area contributed by atoms with Gasteiger partial charge in [-0.05, 0) is 37.5 Å². The zero-order chi connectivity index (χ0) is 11.0. The Bertz CT molecular complexity index is 401. The van der Waals surface area contributed by atoms with Crippen LogP contribution in [0.4, 0.5) is 0 Å². The highest BCUT2D eigenvalue weighted by Gasteiger charge is 2.22. The quantitative estimate of drug-likeness (QED) is 0.760. The van der Waals surface area contributed by atoms with Gasteiger partial charge in [0.05, 0.1) is 0 Å². The van der Waals surface area contributed by atoms with Crippen LogP contribution in [0, 0.1) is 20.8 Å². The van der Waals surface area contributed by atoms with Gasteiger partial charge in [-0.1, -0.05) is 17.7 Å². The molecular weight excluding hydrogens is 188 g/mol. The van der Waals surface area contributed by atoms with Crippen molar-refractivity contribution in [2.75, 3.05) is 6.61 Å². The van der Waals surface area contributed by atoms with E-state index in [-0.39, 0.29) is 6.04 Å². The number of hydrogen-bond acceptors (Lipinski definition) is 3. The molecule has 0 saturated heterocycles. The average Bonchev–Trinajstić information content (AvgIpc) is 2.49. The minimum Gasteiger partial charge on any atom is -0.463 e. The topological polar surface area (TPSA) is 47.6 Å². The highest BCUT2D eigenvalue weighted by Crippen LogP contribution is 2.28. The number of nitrogens with zero attached hydrogens (tertiary/aromatic N) is 1. The van der Waals surface area contributed by atoms with Crippen molar-refractivity contribution in [1.29, 1.82) is 0 Å². The lowest BCUT2D eigenvalue weighted by Gasteiger charge is -2.13. The van der Waals surface area contributed by atoms with Crippen molar-refractivity contribution in [1.82, 2.24) is 0 Å². The standard InChI is InChI=1S/C12H16N2O/c1-7-4-8(2)11(9(3)5-7)10-6-15-12(13)14-10/h4-5,10H,6H2,1-3H3,(H2,13,14). The van der Waals surface area contributed by atoms with Gasteiger partial charge in [0.2, 0.25) is 0 Å². The number of amidine groups is 1. The van der Waals surface area contributed by atoms with Gasteiger partial charge < -0.3 is 10.5 Å². The SMILES string of the molecule is Cc1cc(C)c(C2COC(N)=N2)c(C)c1. The largest absolute Gasteiger partial charge is 0.463 e. The molecule has 3 heteroatoms. The van der Waals surface area contributed by atoms with E-state index in [0.717, 1.165) is 0 Å². The summed E-state index contributed by atoms with van der Waals surface area (Å²) in [6, 6.07) is 4.73. The van der Waals surface area contributed by atoms with Crippen molar-refractivity contribution in [3.8, 4) is 0 Å².